The van der Waals surface area contributed by atoms with Gasteiger partial charge in [-0.3, -0.25) is 4.79 Å². The number of carbonyl (C=O) groups is 1. The van der Waals surface area contributed by atoms with Crippen molar-refractivity contribution in [2.75, 3.05) is 5.32 Å². The average molecular weight is 271 g/mol. The third-order valence-corrected chi connectivity index (χ3v) is 3.57. The fraction of sp³-hybridized carbons (Fsp3) is 0.500. The third kappa shape index (κ3) is 2.60. The average Bonchev–Trinajstić information content (AvgIpc) is 2.62. The van der Waals surface area contributed by atoms with Gasteiger partial charge in [0.05, 0.1) is 11.5 Å². The van der Waals surface area contributed by atoms with E-state index in [0.717, 1.165) is 25.0 Å². The lowest BCUT2D eigenvalue weighted by Crippen LogP contribution is -2.19. The topological polar surface area (TPSA) is 29.1 Å². The highest BCUT2D eigenvalue weighted by Crippen LogP contribution is 2.41. The van der Waals surface area contributed by atoms with E-state index in [-0.39, 0.29) is 11.8 Å². The summed E-state index contributed by atoms with van der Waals surface area (Å²) in [5.74, 6) is -0.637. The summed E-state index contributed by atoms with van der Waals surface area (Å²) in [5.41, 5.74) is 0.281. The van der Waals surface area contributed by atoms with Crippen LogP contribution in [-0.4, -0.2) is 5.91 Å². The van der Waals surface area contributed by atoms with Gasteiger partial charge >= 0.3 is 6.18 Å². The molecule has 1 aromatic carbocycles. The van der Waals surface area contributed by atoms with Crippen molar-refractivity contribution in [3.05, 3.63) is 29.3 Å². The maximum atomic E-state index is 12.7. The Morgan fingerprint density at radius 2 is 2.05 bits per heavy atom. The lowest BCUT2D eigenvalue weighted by atomic mass is 9.85. The number of rotatable bonds is 3. The predicted molar refractivity (Wildman–Crippen MR) is 66.9 cm³/mol. The summed E-state index contributed by atoms with van der Waals surface area (Å²) >= 11 is 0. The Morgan fingerprint density at radius 3 is 2.63 bits per heavy atom. The summed E-state index contributed by atoms with van der Waals surface area (Å²) in [7, 11) is 0. The zero-order valence-electron chi connectivity index (χ0n) is 10.8. The van der Waals surface area contributed by atoms with Crippen molar-refractivity contribution in [1.82, 2.24) is 0 Å². The van der Waals surface area contributed by atoms with Gasteiger partial charge in [-0.2, -0.15) is 13.2 Å². The molecule has 0 aromatic heterocycles. The fourth-order valence-electron chi connectivity index (χ4n) is 2.65. The van der Waals surface area contributed by atoms with Crippen LogP contribution in [0.3, 0.4) is 0 Å². The molecule has 0 radical (unpaired) electrons. The second kappa shape index (κ2) is 4.87. The monoisotopic (exact) mass is 271 g/mol. The van der Waals surface area contributed by atoms with Gasteiger partial charge < -0.3 is 5.32 Å². The van der Waals surface area contributed by atoms with Gasteiger partial charge in [-0.1, -0.05) is 20.3 Å². The van der Waals surface area contributed by atoms with Crippen LogP contribution in [0.4, 0.5) is 18.9 Å². The number of carbonyl (C=O) groups excluding carboxylic acids is 1. The fourth-order valence-corrected chi connectivity index (χ4v) is 2.65. The van der Waals surface area contributed by atoms with Crippen molar-refractivity contribution in [2.45, 2.75) is 38.8 Å². The second-order valence-corrected chi connectivity index (χ2v) is 5.03. The molecular formula is C14H16F3NO. The van der Waals surface area contributed by atoms with Gasteiger partial charge in [-0.25, -0.2) is 0 Å². The molecule has 1 heterocycles. The van der Waals surface area contributed by atoms with Crippen LogP contribution in [0.2, 0.25) is 0 Å². The first-order valence-corrected chi connectivity index (χ1v) is 6.36. The van der Waals surface area contributed by atoms with Gasteiger partial charge in [0.1, 0.15) is 0 Å². The number of alkyl halides is 3. The summed E-state index contributed by atoms with van der Waals surface area (Å²) < 4.78 is 38.2. The summed E-state index contributed by atoms with van der Waals surface area (Å²) in [5, 5.41) is 2.66. The van der Waals surface area contributed by atoms with E-state index in [4.69, 9.17) is 0 Å². The molecule has 1 amide bonds. The molecule has 0 bridgehead atoms. The number of amides is 1. The van der Waals surface area contributed by atoms with Gasteiger partial charge in [-0.15, -0.1) is 0 Å². The number of hydrogen-bond donors (Lipinski definition) is 1. The maximum absolute atomic E-state index is 12.7. The minimum Gasteiger partial charge on any atom is -0.325 e. The van der Waals surface area contributed by atoms with Gasteiger partial charge in [-0.05, 0) is 36.1 Å². The SMILES string of the molecule is CCCC(C)C1C(=O)Nc2ccc(C(F)(F)F)cc21. The minimum atomic E-state index is -4.38. The van der Waals surface area contributed by atoms with E-state index in [1.54, 1.807) is 0 Å². The van der Waals surface area contributed by atoms with Gasteiger partial charge in [0.15, 0.2) is 0 Å². The number of halogens is 3. The summed E-state index contributed by atoms with van der Waals surface area (Å²) in [6.45, 7) is 3.90. The molecule has 1 N–H and O–H groups in total. The van der Waals surface area contributed by atoms with Gasteiger partial charge in [0.2, 0.25) is 5.91 Å². The Bertz CT molecular complexity index is 496. The van der Waals surface area contributed by atoms with Crippen LogP contribution in [0.25, 0.3) is 0 Å². The molecule has 19 heavy (non-hydrogen) atoms. The molecular weight excluding hydrogens is 255 g/mol. The number of hydrogen-bond acceptors (Lipinski definition) is 1. The molecule has 1 aliphatic rings. The highest BCUT2D eigenvalue weighted by Gasteiger charge is 2.38. The Balaban J connectivity index is 2.40. The molecule has 0 saturated carbocycles. The number of nitrogens with one attached hydrogen (secondary N) is 1. The van der Waals surface area contributed by atoms with Crippen LogP contribution in [-0.2, 0) is 11.0 Å². The van der Waals surface area contributed by atoms with Gasteiger partial charge in [0.25, 0.3) is 0 Å². The summed E-state index contributed by atoms with van der Waals surface area (Å²) in [4.78, 5) is 11.9. The lowest BCUT2D eigenvalue weighted by Gasteiger charge is -2.18. The van der Waals surface area contributed by atoms with Crippen molar-refractivity contribution in [1.29, 1.82) is 0 Å². The Kier molecular flexibility index (Phi) is 3.56. The first-order chi connectivity index (χ1) is 8.84. The van der Waals surface area contributed by atoms with E-state index in [9.17, 15) is 18.0 Å². The second-order valence-electron chi connectivity index (χ2n) is 5.03. The minimum absolute atomic E-state index is 0.0368. The van der Waals surface area contributed by atoms with Crippen LogP contribution >= 0.6 is 0 Å². The standard InChI is InChI=1S/C14H16F3NO/c1-3-4-8(2)12-10-7-9(14(15,16)17)5-6-11(10)18-13(12)19/h5-8,12H,3-4H2,1-2H3,(H,18,19). The van der Waals surface area contributed by atoms with Crippen molar-refractivity contribution in [2.24, 2.45) is 5.92 Å². The molecule has 2 atom stereocenters. The first kappa shape index (κ1) is 13.9. The quantitative estimate of drug-likeness (QED) is 0.878. The maximum Gasteiger partial charge on any atom is 0.416 e. The Labute approximate surface area is 110 Å². The molecule has 0 spiro atoms. The molecule has 1 aromatic rings. The lowest BCUT2D eigenvalue weighted by molar-refractivity contribution is -0.137. The number of benzene rings is 1. The molecule has 104 valence electrons. The largest absolute Gasteiger partial charge is 0.416 e. The zero-order chi connectivity index (χ0) is 14.2. The molecule has 2 nitrogen and oxygen atoms in total. The molecule has 0 aliphatic carbocycles. The van der Waals surface area contributed by atoms with E-state index in [1.807, 2.05) is 13.8 Å². The van der Waals surface area contributed by atoms with Gasteiger partial charge in [0, 0.05) is 5.69 Å². The molecule has 5 heteroatoms. The van der Waals surface area contributed by atoms with Crippen molar-refractivity contribution in [3.63, 3.8) is 0 Å². The van der Waals surface area contributed by atoms with E-state index >= 15 is 0 Å². The summed E-state index contributed by atoms with van der Waals surface area (Å²) in [6, 6.07) is 3.45. The predicted octanol–water partition coefficient (Wildman–Crippen LogP) is 4.18. The Morgan fingerprint density at radius 1 is 1.37 bits per heavy atom. The van der Waals surface area contributed by atoms with E-state index in [0.29, 0.717) is 11.3 Å². The highest BCUT2D eigenvalue weighted by atomic mass is 19.4. The van der Waals surface area contributed by atoms with Crippen LogP contribution in [0.5, 0.6) is 0 Å². The van der Waals surface area contributed by atoms with Crippen LogP contribution < -0.4 is 5.32 Å². The third-order valence-electron chi connectivity index (χ3n) is 3.57. The normalized spacial score (nSPS) is 20.1. The number of anilines is 1. The first-order valence-electron chi connectivity index (χ1n) is 6.36. The van der Waals surface area contributed by atoms with Crippen LogP contribution in [0.15, 0.2) is 18.2 Å². The molecule has 2 unspecified atom stereocenters. The molecule has 1 aliphatic heterocycles. The smallest absolute Gasteiger partial charge is 0.325 e. The van der Waals surface area contributed by atoms with Crippen molar-refractivity contribution < 1.29 is 18.0 Å². The summed E-state index contributed by atoms with van der Waals surface area (Å²) in [6.07, 6.45) is -2.66. The number of fused-ring (bicyclic) bond motifs is 1. The Hall–Kier alpha value is -1.52. The van der Waals surface area contributed by atoms with Crippen LogP contribution in [0, 0.1) is 5.92 Å². The highest BCUT2D eigenvalue weighted by molar-refractivity contribution is 6.03. The van der Waals surface area contributed by atoms with Crippen molar-refractivity contribution >= 4 is 11.6 Å². The zero-order valence-corrected chi connectivity index (χ0v) is 10.8. The molecule has 0 fully saturated rings. The van der Waals surface area contributed by atoms with Crippen molar-refractivity contribution in [3.8, 4) is 0 Å². The molecule has 2 rings (SSSR count). The van der Waals surface area contributed by atoms with E-state index in [1.165, 1.54) is 6.07 Å². The van der Waals surface area contributed by atoms with E-state index in [2.05, 4.69) is 5.32 Å². The van der Waals surface area contributed by atoms with Crippen LogP contribution in [0.1, 0.15) is 43.7 Å². The van der Waals surface area contributed by atoms with E-state index < -0.39 is 17.7 Å². The molecule has 0 saturated heterocycles.